The second-order valence-electron chi connectivity index (χ2n) is 6.66. The normalized spacial score (nSPS) is 11.7. The summed E-state index contributed by atoms with van der Waals surface area (Å²) in [7, 11) is 0. The van der Waals surface area contributed by atoms with E-state index < -0.39 is 24.0 Å². The van der Waals surface area contributed by atoms with Crippen LogP contribution in [0.5, 0.6) is 0 Å². The summed E-state index contributed by atoms with van der Waals surface area (Å²) in [5, 5.41) is 3.32. The van der Waals surface area contributed by atoms with Crippen LogP contribution in [0.2, 0.25) is 10.0 Å². The van der Waals surface area contributed by atoms with Crippen molar-refractivity contribution in [3.05, 3.63) is 99.5 Å². The maximum Gasteiger partial charge on any atom is 0.341 e. The van der Waals surface area contributed by atoms with Gasteiger partial charge in [-0.05, 0) is 30.2 Å². The molecule has 0 radical (unpaired) electrons. The van der Waals surface area contributed by atoms with Crippen molar-refractivity contribution in [2.45, 2.75) is 19.1 Å². The van der Waals surface area contributed by atoms with Gasteiger partial charge >= 0.3 is 5.97 Å². The van der Waals surface area contributed by atoms with E-state index in [4.69, 9.17) is 33.7 Å². The highest BCUT2D eigenvalue weighted by Crippen LogP contribution is 2.28. The van der Waals surface area contributed by atoms with Gasteiger partial charge in [0.05, 0.1) is 22.3 Å². The second kappa shape index (κ2) is 9.65. The van der Waals surface area contributed by atoms with Crippen molar-refractivity contribution >= 4 is 40.8 Å². The molecule has 3 N–H and O–H groups in total. The lowest BCUT2D eigenvalue weighted by molar-refractivity contribution is -0.129. The Bertz CT molecular complexity index is 1000. The summed E-state index contributed by atoms with van der Waals surface area (Å²) in [6.07, 6.45) is -1.07. The van der Waals surface area contributed by atoms with E-state index in [2.05, 4.69) is 5.32 Å². The first-order valence-electron chi connectivity index (χ1n) is 9.22. The van der Waals surface area contributed by atoms with E-state index in [0.717, 1.165) is 11.1 Å². The number of hydrogen-bond acceptors (Lipinski definition) is 4. The Labute approximate surface area is 184 Å². The van der Waals surface area contributed by atoms with Gasteiger partial charge in [0.1, 0.15) is 0 Å². The van der Waals surface area contributed by atoms with E-state index >= 15 is 0 Å². The van der Waals surface area contributed by atoms with Crippen molar-refractivity contribution in [3.8, 4) is 0 Å². The molecule has 3 aromatic carbocycles. The van der Waals surface area contributed by atoms with Gasteiger partial charge in [0.15, 0.2) is 6.10 Å². The van der Waals surface area contributed by atoms with Crippen LogP contribution < -0.4 is 11.1 Å². The lowest BCUT2D eigenvalue weighted by Crippen LogP contribution is -2.38. The van der Waals surface area contributed by atoms with Crippen LogP contribution in [0.3, 0.4) is 0 Å². The van der Waals surface area contributed by atoms with E-state index in [9.17, 15) is 9.59 Å². The monoisotopic (exact) mass is 442 g/mol. The molecule has 0 spiro atoms. The van der Waals surface area contributed by atoms with Crippen LogP contribution in [0, 0.1) is 0 Å². The summed E-state index contributed by atoms with van der Waals surface area (Å²) in [5.74, 6) is -1.23. The van der Waals surface area contributed by atoms with E-state index in [-0.39, 0.29) is 21.3 Å². The van der Waals surface area contributed by atoms with Crippen molar-refractivity contribution in [1.29, 1.82) is 0 Å². The van der Waals surface area contributed by atoms with Gasteiger partial charge in [0.2, 0.25) is 0 Å². The molecule has 0 heterocycles. The Morgan fingerprint density at radius 1 is 0.933 bits per heavy atom. The molecule has 1 unspecified atom stereocenters. The summed E-state index contributed by atoms with van der Waals surface area (Å²) in [6, 6.07) is 21.4. The number of nitrogen functional groups attached to an aromatic ring is 1. The molecule has 0 fully saturated rings. The first kappa shape index (κ1) is 21.7. The average Bonchev–Trinajstić information content (AvgIpc) is 2.75. The average molecular weight is 443 g/mol. The van der Waals surface area contributed by atoms with Crippen LogP contribution in [0.15, 0.2) is 72.8 Å². The van der Waals surface area contributed by atoms with Gasteiger partial charge in [-0.15, -0.1) is 0 Å². The molecule has 7 heteroatoms. The molecule has 1 amide bonds. The number of amides is 1. The van der Waals surface area contributed by atoms with Crippen LogP contribution in [0.25, 0.3) is 0 Å². The van der Waals surface area contributed by atoms with Crippen molar-refractivity contribution in [3.63, 3.8) is 0 Å². The van der Waals surface area contributed by atoms with Crippen LogP contribution in [0.1, 0.15) is 34.5 Å². The van der Waals surface area contributed by atoms with Gasteiger partial charge in [-0.3, -0.25) is 4.79 Å². The molecule has 0 aliphatic heterocycles. The molecule has 154 valence electrons. The maximum absolute atomic E-state index is 12.8. The number of benzene rings is 3. The first-order valence-corrected chi connectivity index (χ1v) is 9.98. The lowest BCUT2D eigenvalue weighted by atomic mass is 9.98. The topological polar surface area (TPSA) is 81.4 Å². The molecule has 0 aliphatic rings. The minimum Gasteiger partial charge on any atom is -0.449 e. The fourth-order valence-electron chi connectivity index (χ4n) is 2.94. The Hall–Kier alpha value is -3.02. The number of nitrogens with two attached hydrogens (primary N) is 1. The van der Waals surface area contributed by atoms with Crippen LogP contribution in [-0.2, 0) is 9.53 Å². The van der Waals surface area contributed by atoms with Gasteiger partial charge in [-0.2, -0.15) is 0 Å². The molecule has 0 aromatic heterocycles. The molecule has 0 saturated carbocycles. The number of rotatable bonds is 6. The fourth-order valence-corrected chi connectivity index (χ4v) is 3.43. The number of hydrogen-bond donors (Lipinski definition) is 2. The summed E-state index contributed by atoms with van der Waals surface area (Å²) in [4.78, 5) is 25.3. The van der Waals surface area contributed by atoms with Crippen LogP contribution in [0.4, 0.5) is 5.69 Å². The Morgan fingerprint density at radius 2 is 1.47 bits per heavy atom. The molecule has 0 bridgehead atoms. The lowest BCUT2D eigenvalue weighted by Gasteiger charge is -2.22. The third-order valence-corrected chi connectivity index (χ3v) is 5.05. The number of anilines is 1. The van der Waals surface area contributed by atoms with E-state index in [1.54, 1.807) is 0 Å². The summed E-state index contributed by atoms with van der Waals surface area (Å²) < 4.78 is 5.31. The molecular weight excluding hydrogens is 423 g/mol. The molecule has 3 aromatic rings. The number of esters is 1. The largest absolute Gasteiger partial charge is 0.449 e. The summed E-state index contributed by atoms with van der Waals surface area (Å²) in [5.41, 5.74) is 7.71. The molecular formula is C23H20Cl2N2O3. The molecule has 0 aliphatic carbocycles. The molecule has 3 rings (SSSR count). The Balaban J connectivity index is 1.77. The SMILES string of the molecule is CC(OC(=O)c1cc(Cl)cc(Cl)c1N)C(=O)NC(c1ccccc1)c1ccccc1. The number of nitrogens with one attached hydrogen (secondary N) is 1. The van der Waals surface area contributed by atoms with Gasteiger partial charge in [-0.25, -0.2) is 4.79 Å². The molecule has 0 saturated heterocycles. The zero-order valence-electron chi connectivity index (χ0n) is 16.1. The standard InChI is InChI=1S/C23H20Cl2N2O3/c1-14(30-23(29)18-12-17(24)13-19(25)20(18)26)22(28)27-21(15-8-4-2-5-9-15)16-10-6-3-7-11-16/h2-14,21H,26H2,1H3,(H,27,28). The van der Waals surface area contributed by atoms with Crippen molar-refractivity contribution in [2.75, 3.05) is 5.73 Å². The van der Waals surface area contributed by atoms with Gasteiger partial charge < -0.3 is 15.8 Å². The minimum atomic E-state index is -1.07. The number of halogens is 2. The Kier molecular flexibility index (Phi) is 6.98. The predicted molar refractivity (Wildman–Crippen MR) is 119 cm³/mol. The molecule has 30 heavy (non-hydrogen) atoms. The molecule has 5 nitrogen and oxygen atoms in total. The zero-order chi connectivity index (χ0) is 21.7. The maximum atomic E-state index is 12.8. The van der Waals surface area contributed by atoms with Crippen molar-refractivity contribution in [2.24, 2.45) is 0 Å². The second-order valence-corrected chi connectivity index (χ2v) is 7.50. The highest BCUT2D eigenvalue weighted by atomic mass is 35.5. The highest BCUT2D eigenvalue weighted by molar-refractivity contribution is 6.37. The third kappa shape index (κ3) is 5.12. The zero-order valence-corrected chi connectivity index (χ0v) is 17.7. The number of carbonyl (C=O) groups excluding carboxylic acids is 2. The smallest absolute Gasteiger partial charge is 0.341 e. The van der Waals surface area contributed by atoms with Gasteiger partial charge in [-0.1, -0.05) is 83.9 Å². The fraction of sp³-hybridized carbons (Fsp3) is 0.130. The van der Waals surface area contributed by atoms with Crippen molar-refractivity contribution < 1.29 is 14.3 Å². The quantitative estimate of drug-likeness (QED) is 0.414. The number of carbonyl (C=O) groups is 2. The van der Waals surface area contributed by atoms with E-state index in [0.29, 0.717) is 0 Å². The first-order chi connectivity index (χ1) is 14.4. The van der Waals surface area contributed by atoms with Crippen LogP contribution >= 0.6 is 23.2 Å². The van der Waals surface area contributed by atoms with E-state index in [1.807, 2.05) is 60.7 Å². The van der Waals surface area contributed by atoms with E-state index in [1.165, 1.54) is 19.1 Å². The van der Waals surface area contributed by atoms with Gasteiger partial charge in [0.25, 0.3) is 5.91 Å². The third-order valence-electron chi connectivity index (χ3n) is 4.52. The summed E-state index contributed by atoms with van der Waals surface area (Å²) >= 11 is 11.9. The molecule has 1 atom stereocenters. The number of ether oxygens (including phenoxy) is 1. The Morgan fingerprint density at radius 3 is 2.00 bits per heavy atom. The predicted octanol–water partition coefficient (Wildman–Crippen LogP) is 5.03. The van der Waals surface area contributed by atoms with Gasteiger partial charge in [0, 0.05) is 5.02 Å². The highest BCUT2D eigenvalue weighted by Gasteiger charge is 2.25. The minimum absolute atomic E-state index is 0.00909. The summed E-state index contributed by atoms with van der Waals surface area (Å²) in [6.45, 7) is 1.49. The van der Waals surface area contributed by atoms with Crippen LogP contribution in [-0.4, -0.2) is 18.0 Å². The van der Waals surface area contributed by atoms with Crippen molar-refractivity contribution in [1.82, 2.24) is 5.32 Å².